The number of benzene rings is 1. The second kappa shape index (κ2) is 10.5. The minimum Gasteiger partial charge on any atom is -0.497 e. The first-order valence-corrected chi connectivity index (χ1v) is 12.3. The molecule has 3 fully saturated rings. The van der Waals surface area contributed by atoms with E-state index in [1.165, 1.54) is 37.0 Å². The molecule has 1 amide bonds. The standard InChI is InChI=1S/C16H26O2.C10H9NO2S/c1-16(2)13-10-9-12(14(16)11-13)7-5-3-4-6-8-15(17)18;1-13-6-2-3-9-7(4-6)8(5-14-9)10(11)12/h3,5,12-14H,4,6-11H2,1-2H3,(H,17,18);2-5H,1H3,(H2,11,12)/b5-3-;. The van der Waals surface area contributed by atoms with E-state index >= 15 is 0 Å². The number of carbonyl (C=O) groups excluding carboxylic acids is 1. The van der Waals surface area contributed by atoms with E-state index in [1.807, 2.05) is 18.2 Å². The van der Waals surface area contributed by atoms with Gasteiger partial charge in [-0.15, -0.1) is 11.3 Å². The highest BCUT2D eigenvalue weighted by Crippen LogP contribution is 2.62. The van der Waals surface area contributed by atoms with Gasteiger partial charge in [-0.2, -0.15) is 0 Å². The van der Waals surface area contributed by atoms with Gasteiger partial charge in [0, 0.05) is 21.9 Å². The summed E-state index contributed by atoms with van der Waals surface area (Å²) in [6.45, 7) is 4.88. The van der Waals surface area contributed by atoms with Crippen LogP contribution in [0.25, 0.3) is 10.1 Å². The first kappa shape index (κ1) is 24.3. The predicted octanol–water partition coefficient (Wildman–Crippen LogP) is 6.27. The number of hydrogen-bond acceptors (Lipinski definition) is 4. The summed E-state index contributed by atoms with van der Waals surface area (Å²) in [5, 5.41) is 11.2. The van der Waals surface area contributed by atoms with Crippen LogP contribution in [0, 0.1) is 23.2 Å². The molecule has 5 rings (SSSR count). The zero-order valence-corrected chi connectivity index (χ0v) is 20.1. The number of primary amides is 1. The minimum absolute atomic E-state index is 0.297. The number of carboxylic acids is 1. The van der Waals surface area contributed by atoms with Gasteiger partial charge in [-0.05, 0) is 79.9 Å². The molecule has 0 aliphatic heterocycles. The van der Waals surface area contributed by atoms with Crippen LogP contribution in [0.1, 0.15) is 69.2 Å². The molecule has 0 saturated heterocycles. The van der Waals surface area contributed by atoms with E-state index in [-0.39, 0.29) is 0 Å². The number of carbonyl (C=O) groups is 2. The molecule has 3 N–H and O–H groups in total. The molecule has 3 atom stereocenters. The lowest BCUT2D eigenvalue weighted by atomic mass is 9.45. The third-order valence-electron chi connectivity index (χ3n) is 7.41. The fraction of sp³-hybridized carbons (Fsp3) is 0.538. The topological polar surface area (TPSA) is 89.6 Å². The van der Waals surface area contributed by atoms with Gasteiger partial charge in [-0.25, -0.2) is 0 Å². The van der Waals surface area contributed by atoms with Crippen LogP contribution in [0.2, 0.25) is 0 Å². The molecule has 3 saturated carbocycles. The Balaban J connectivity index is 0.000000186. The number of allylic oxidation sites excluding steroid dienone is 2. The zero-order chi connectivity index (χ0) is 23.3. The number of methoxy groups -OCH3 is 1. The van der Waals surface area contributed by atoms with Crippen LogP contribution in [-0.2, 0) is 4.79 Å². The maximum Gasteiger partial charge on any atom is 0.303 e. The van der Waals surface area contributed by atoms with E-state index in [9.17, 15) is 9.59 Å². The van der Waals surface area contributed by atoms with Crippen molar-refractivity contribution in [1.29, 1.82) is 0 Å². The Kier molecular flexibility index (Phi) is 7.99. The Hall–Kier alpha value is -2.34. The maximum absolute atomic E-state index is 11.1. The van der Waals surface area contributed by atoms with Crippen molar-refractivity contribution in [2.45, 2.75) is 58.8 Å². The average molecular weight is 458 g/mol. The van der Waals surface area contributed by atoms with Crippen molar-refractivity contribution in [3.63, 3.8) is 0 Å². The number of fused-ring (bicyclic) bond motifs is 3. The maximum atomic E-state index is 11.1. The van der Waals surface area contributed by atoms with Gasteiger partial charge >= 0.3 is 5.97 Å². The molecule has 174 valence electrons. The Morgan fingerprint density at radius 1 is 1.28 bits per heavy atom. The smallest absolute Gasteiger partial charge is 0.303 e. The summed E-state index contributed by atoms with van der Waals surface area (Å²) >= 11 is 1.51. The number of amides is 1. The van der Waals surface area contributed by atoms with Crippen molar-refractivity contribution in [3.8, 4) is 5.75 Å². The largest absolute Gasteiger partial charge is 0.497 e. The number of aliphatic carboxylic acids is 1. The van der Waals surface area contributed by atoms with Crippen molar-refractivity contribution < 1.29 is 19.4 Å². The highest BCUT2D eigenvalue weighted by atomic mass is 32.1. The summed E-state index contributed by atoms with van der Waals surface area (Å²) < 4.78 is 6.12. The van der Waals surface area contributed by atoms with E-state index in [1.54, 1.807) is 12.5 Å². The number of rotatable bonds is 8. The number of thiophene rings is 1. The van der Waals surface area contributed by atoms with Crippen LogP contribution >= 0.6 is 11.3 Å². The van der Waals surface area contributed by atoms with Crippen LogP contribution < -0.4 is 10.5 Å². The predicted molar refractivity (Wildman–Crippen MR) is 130 cm³/mol. The van der Waals surface area contributed by atoms with Crippen molar-refractivity contribution in [2.24, 2.45) is 28.9 Å². The quantitative estimate of drug-likeness (QED) is 0.361. The molecule has 2 bridgehead atoms. The molecule has 32 heavy (non-hydrogen) atoms. The first-order valence-electron chi connectivity index (χ1n) is 11.5. The number of carboxylic acid groups (broad SMARTS) is 1. The Morgan fingerprint density at radius 3 is 2.69 bits per heavy atom. The molecule has 6 heteroatoms. The van der Waals surface area contributed by atoms with Gasteiger partial charge in [-0.1, -0.05) is 26.0 Å². The van der Waals surface area contributed by atoms with Crippen molar-refractivity contribution in [1.82, 2.24) is 0 Å². The Bertz CT molecular complexity index is 975. The van der Waals surface area contributed by atoms with E-state index in [0.29, 0.717) is 17.4 Å². The molecule has 3 unspecified atom stereocenters. The fourth-order valence-corrected chi connectivity index (χ4v) is 6.26. The van der Waals surface area contributed by atoms with E-state index < -0.39 is 11.9 Å². The number of unbranched alkanes of at least 4 members (excludes halogenated alkanes) is 1. The summed E-state index contributed by atoms with van der Waals surface area (Å²) in [5.74, 6) is 2.44. The fourth-order valence-electron chi connectivity index (χ4n) is 5.33. The highest BCUT2D eigenvalue weighted by Gasteiger charge is 2.53. The third kappa shape index (κ3) is 5.52. The Labute approximate surface area is 194 Å². The molecule has 1 heterocycles. The highest BCUT2D eigenvalue weighted by molar-refractivity contribution is 7.17. The lowest BCUT2D eigenvalue weighted by molar-refractivity contribution is -0.137. The van der Waals surface area contributed by atoms with Gasteiger partial charge in [0.1, 0.15) is 5.75 Å². The zero-order valence-electron chi connectivity index (χ0n) is 19.3. The minimum atomic E-state index is -0.682. The molecule has 0 spiro atoms. The van der Waals surface area contributed by atoms with Crippen LogP contribution in [0.4, 0.5) is 0 Å². The van der Waals surface area contributed by atoms with E-state index in [2.05, 4.69) is 26.0 Å². The third-order valence-corrected chi connectivity index (χ3v) is 8.38. The summed E-state index contributed by atoms with van der Waals surface area (Å²) in [7, 11) is 1.59. The second-order valence-corrected chi connectivity index (χ2v) is 10.5. The molecule has 0 radical (unpaired) electrons. The van der Waals surface area contributed by atoms with Gasteiger partial charge in [0.05, 0.1) is 12.7 Å². The Morgan fingerprint density at radius 2 is 2.06 bits per heavy atom. The average Bonchev–Trinajstić information content (AvgIpc) is 3.20. The second-order valence-electron chi connectivity index (χ2n) is 9.57. The monoisotopic (exact) mass is 457 g/mol. The number of hydrogen-bond donors (Lipinski definition) is 2. The molecule has 1 aromatic heterocycles. The SMILES string of the molecule is CC1(C)C2CCC(C/C=C\CCCC(=O)O)C1C2.COc1ccc2scc(C(N)=O)c2c1. The molecule has 1 aromatic carbocycles. The van der Waals surface area contributed by atoms with Gasteiger partial charge in [0.2, 0.25) is 5.91 Å². The summed E-state index contributed by atoms with van der Waals surface area (Å²) in [6, 6.07) is 5.61. The van der Waals surface area contributed by atoms with Crippen molar-refractivity contribution in [2.75, 3.05) is 7.11 Å². The lowest BCUT2D eigenvalue weighted by Crippen LogP contribution is -2.52. The van der Waals surface area contributed by atoms with Gasteiger partial charge in [0.25, 0.3) is 0 Å². The van der Waals surface area contributed by atoms with Gasteiger partial charge in [-0.3, -0.25) is 9.59 Å². The van der Waals surface area contributed by atoms with Crippen LogP contribution in [0.5, 0.6) is 5.75 Å². The van der Waals surface area contributed by atoms with Crippen molar-refractivity contribution >= 4 is 33.3 Å². The molecule has 2 aromatic rings. The van der Waals surface area contributed by atoms with Crippen molar-refractivity contribution in [3.05, 3.63) is 41.3 Å². The summed E-state index contributed by atoms with van der Waals surface area (Å²) in [5.41, 5.74) is 6.39. The van der Waals surface area contributed by atoms with Crippen LogP contribution in [-0.4, -0.2) is 24.1 Å². The molecule has 3 aliphatic rings. The molecule has 3 aliphatic carbocycles. The molecular weight excluding hydrogens is 422 g/mol. The summed E-state index contributed by atoms with van der Waals surface area (Å²) in [6.07, 6.45) is 11.9. The van der Waals surface area contributed by atoms with Gasteiger partial charge in [0.15, 0.2) is 0 Å². The first-order chi connectivity index (χ1) is 15.2. The normalized spacial score (nSPS) is 23.3. The van der Waals surface area contributed by atoms with Crippen LogP contribution in [0.3, 0.4) is 0 Å². The van der Waals surface area contributed by atoms with E-state index in [0.717, 1.165) is 46.4 Å². The van der Waals surface area contributed by atoms with Gasteiger partial charge < -0.3 is 15.6 Å². The van der Waals surface area contributed by atoms with Crippen LogP contribution in [0.15, 0.2) is 35.7 Å². The molecule has 5 nitrogen and oxygen atoms in total. The molecular formula is C26H35NO4S. The number of ether oxygens (including phenoxy) is 1. The van der Waals surface area contributed by atoms with E-state index in [4.69, 9.17) is 15.6 Å². The summed E-state index contributed by atoms with van der Waals surface area (Å²) in [4.78, 5) is 21.4. The number of nitrogens with two attached hydrogens (primary N) is 1. The lowest BCUT2D eigenvalue weighted by Gasteiger charge is -2.60.